The lowest BCUT2D eigenvalue weighted by molar-refractivity contribution is 0.199. The minimum atomic E-state index is -0.498. The molecule has 8 nitrogen and oxygen atoms in total. The number of hydrogen-bond acceptors (Lipinski definition) is 6. The van der Waals surface area contributed by atoms with Crippen LogP contribution >= 0.6 is 11.6 Å². The Balaban J connectivity index is 1.58. The van der Waals surface area contributed by atoms with Crippen LogP contribution in [0.2, 0.25) is 5.02 Å². The molecule has 1 aliphatic rings. The van der Waals surface area contributed by atoms with Gasteiger partial charge in [-0.1, -0.05) is 28.9 Å². The molecule has 34 heavy (non-hydrogen) atoms. The topological polar surface area (TPSA) is 93.6 Å². The van der Waals surface area contributed by atoms with Crippen LogP contribution in [0.3, 0.4) is 0 Å². The molecular weight excluding hydrogens is 456 g/mol. The minimum Gasteiger partial charge on any atom is -0.497 e. The molecule has 4 aromatic rings. The molecule has 2 aromatic heterocycles. The Kier molecular flexibility index (Phi) is 5.81. The summed E-state index contributed by atoms with van der Waals surface area (Å²) in [6, 6.07) is 17.5. The summed E-state index contributed by atoms with van der Waals surface area (Å²) >= 11 is 6.09. The van der Waals surface area contributed by atoms with E-state index in [0.29, 0.717) is 33.8 Å². The standard InChI is InChI=1S/C25H21ClN4O4/c1-15-21(24-28-23(29-34-24)17-7-11-19(32-2)12-8-17)22(16-5-9-18(26)10-6-16)27-25(31)30(15)14-20-4-3-13-33-20/h3-13,22H,14H2,1-2H3,(H,27,31). The van der Waals surface area contributed by atoms with Gasteiger partial charge in [-0.15, -0.1) is 0 Å². The number of methoxy groups -OCH3 is 1. The first-order valence-electron chi connectivity index (χ1n) is 10.6. The van der Waals surface area contributed by atoms with Crippen molar-refractivity contribution in [3.63, 3.8) is 0 Å². The maximum absolute atomic E-state index is 13.1. The van der Waals surface area contributed by atoms with Gasteiger partial charge in [-0.05, 0) is 61.0 Å². The van der Waals surface area contributed by atoms with Gasteiger partial charge in [-0.3, -0.25) is 4.90 Å². The average molecular weight is 477 g/mol. The molecule has 3 heterocycles. The van der Waals surface area contributed by atoms with E-state index in [4.69, 9.17) is 25.3 Å². The molecule has 1 N–H and O–H groups in total. The Hall–Kier alpha value is -4.04. The molecule has 1 aliphatic heterocycles. The maximum atomic E-state index is 13.1. The third-order valence-corrected chi connectivity index (χ3v) is 5.95. The number of benzene rings is 2. The van der Waals surface area contributed by atoms with E-state index in [2.05, 4.69) is 15.5 Å². The number of aromatic nitrogens is 2. The lowest BCUT2D eigenvalue weighted by Crippen LogP contribution is -2.45. The van der Waals surface area contributed by atoms with Gasteiger partial charge in [-0.25, -0.2) is 4.79 Å². The number of rotatable bonds is 6. The molecule has 0 saturated carbocycles. The van der Waals surface area contributed by atoms with Gasteiger partial charge in [0.25, 0.3) is 5.89 Å². The molecule has 2 aromatic carbocycles. The van der Waals surface area contributed by atoms with Gasteiger partial charge in [0, 0.05) is 16.3 Å². The summed E-state index contributed by atoms with van der Waals surface area (Å²) in [6.45, 7) is 2.12. The third kappa shape index (κ3) is 4.15. The van der Waals surface area contributed by atoms with Crippen molar-refractivity contribution in [1.29, 1.82) is 0 Å². The number of nitrogens with one attached hydrogen (secondary N) is 1. The molecule has 0 aliphatic carbocycles. The van der Waals surface area contributed by atoms with Crippen molar-refractivity contribution >= 4 is 23.2 Å². The van der Waals surface area contributed by atoms with Crippen molar-refractivity contribution in [2.75, 3.05) is 7.11 Å². The smallest absolute Gasteiger partial charge is 0.322 e. The Morgan fingerprint density at radius 1 is 1.12 bits per heavy atom. The van der Waals surface area contributed by atoms with Crippen LogP contribution in [-0.4, -0.2) is 28.2 Å². The Bertz CT molecular complexity index is 1330. The number of carbonyl (C=O) groups is 1. The van der Waals surface area contributed by atoms with Gasteiger partial charge in [0.2, 0.25) is 5.82 Å². The number of urea groups is 1. The lowest BCUT2D eigenvalue weighted by Gasteiger charge is -2.34. The number of ether oxygens (including phenoxy) is 1. The number of nitrogens with zero attached hydrogens (tertiary/aromatic N) is 3. The fourth-order valence-electron chi connectivity index (χ4n) is 3.90. The molecule has 2 amide bonds. The van der Waals surface area contributed by atoms with Gasteiger partial charge in [0.1, 0.15) is 11.5 Å². The zero-order chi connectivity index (χ0) is 23.7. The fraction of sp³-hybridized carbons (Fsp3) is 0.160. The normalized spacial score (nSPS) is 16.0. The van der Waals surface area contributed by atoms with Gasteiger partial charge in [-0.2, -0.15) is 4.98 Å². The Morgan fingerprint density at radius 3 is 2.56 bits per heavy atom. The van der Waals surface area contributed by atoms with Gasteiger partial charge < -0.3 is 19.0 Å². The van der Waals surface area contributed by atoms with Crippen LogP contribution in [-0.2, 0) is 6.54 Å². The fourth-order valence-corrected chi connectivity index (χ4v) is 4.03. The quantitative estimate of drug-likeness (QED) is 0.384. The summed E-state index contributed by atoms with van der Waals surface area (Å²) in [5.41, 5.74) is 3.00. The first-order chi connectivity index (χ1) is 16.5. The Labute approximate surface area is 200 Å². The van der Waals surface area contributed by atoms with Crippen LogP contribution in [0.15, 0.2) is 81.6 Å². The summed E-state index contributed by atoms with van der Waals surface area (Å²) in [4.78, 5) is 19.3. The Morgan fingerprint density at radius 2 is 1.88 bits per heavy atom. The van der Waals surface area contributed by atoms with Crippen LogP contribution in [0.4, 0.5) is 4.79 Å². The molecule has 1 atom stereocenters. The molecule has 9 heteroatoms. The molecule has 0 spiro atoms. The molecule has 5 rings (SSSR count). The molecular formula is C25H21ClN4O4. The van der Waals surface area contributed by atoms with E-state index >= 15 is 0 Å². The van der Waals surface area contributed by atoms with Crippen LogP contribution in [0, 0.1) is 0 Å². The van der Waals surface area contributed by atoms with Crippen LogP contribution in [0.5, 0.6) is 5.75 Å². The van der Waals surface area contributed by atoms with Gasteiger partial charge >= 0.3 is 6.03 Å². The van der Waals surface area contributed by atoms with E-state index in [1.54, 1.807) is 36.5 Å². The molecule has 172 valence electrons. The number of amides is 2. The van der Waals surface area contributed by atoms with Gasteiger partial charge in [0.15, 0.2) is 0 Å². The SMILES string of the molecule is COc1ccc(-c2noc(C3=C(C)N(Cc4ccco4)C(=O)NC3c3ccc(Cl)cc3)n2)cc1. The lowest BCUT2D eigenvalue weighted by atomic mass is 9.94. The highest BCUT2D eigenvalue weighted by Gasteiger charge is 2.36. The van der Waals surface area contributed by atoms with E-state index in [0.717, 1.165) is 16.9 Å². The van der Waals surface area contributed by atoms with Crippen molar-refractivity contribution in [1.82, 2.24) is 20.4 Å². The van der Waals surface area contributed by atoms with Gasteiger partial charge in [0.05, 0.1) is 31.5 Å². The highest BCUT2D eigenvalue weighted by atomic mass is 35.5. The average Bonchev–Trinajstić information content (AvgIpc) is 3.54. The number of halogens is 1. The monoisotopic (exact) mass is 476 g/mol. The molecule has 0 fully saturated rings. The summed E-state index contributed by atoms with van der Waals surface area (Å²) in [6.07, 6.45) is 1.58. The highest BCUT2D eigenvalue weighted by Crippen LogP contribution is 2.38. The summed E-state index contributed by atoms with van der Waals surface area (Å²) < 4.78 is 16.4. The number of carbonyl (C=O) groups excluding carboxylic acids is 1. The molecule has 0 saturated heterocycles. The van der Waals surface area contributed by atoms with E-state index in [1.807, 2.05) is 49.4 Å². The molecule has 1 unspecified atom stereocenters. The van der Waals surface area contributed by atoms with Crippen LogP contribution < -0.4 is 10.1 Å². The predicted molar refractivity (Wildman–Crippen MR) is 126 cm³/mol. The second kappa shape index (κ2) is 9.07. The van der Waals surface area contributed by atoms with Crippen molar-refractivity contribution in [3.8, 4) is 17.1 Å². The first kappa shape index (κ1) is 21.8. The number of hydrogen-bond donors (Lipinski definition) is 1. The second-order valence-electron chi connectivity index (χ2n) is 7.75. The third-order valence-electron chi connectivity index (χ3n) is 5.70. The summed E-state index contributed by atoms with van der Waals surface area (Å²) in [5.74, 6) is 2.13. The van der Waals surface area contributed by atoms with Crippen molar-refractivity contribution in [2.45, 2.75) is 19.5 Å². The van der Waals surface area contributed by atoms with Crippen molar-refractivity contribution < 1.29 is 18.5 Å². The number of furan rings is 1. The zero-order valence-electron chi connectivity index (χ0n) is 18.5. The van der Waals surface area contributed by atoms with E-state index in [-0.39, 0.29) is 12.6 Å². The summed E-state index contributed by atoms with van der Waals surface area (Å²) in [7, 11) is 1.61. The van der Waals surface area contributed by atoms with Crippen LogP contribution in [0.1, 0.15) is 30.2 Å². The molecule has 0 bridgehead atoms. The molecule has 0 radical (unpaired) electrons. The van der Waals surface area contributed by atoms with Crippen molar-refractivity contribution in [2.24, 2.45) is 0 Å². The maximum Gasteiger partial charge on any atom is 0.322 e. The predicted octanol–water partition coefficient (Wildman–Crippen LogP) is 5.69. The minimum absolute atomic E-state index is 0.257. The van der Waals surface area contributed by atoms with E-state index < -0.39 is 6.04 Å². The zero-order valence-corrected chi connectivity index (χ0v) is 19.2. The van der Waals surface area contributed by atoms with Crippen LogP contribution in [0.25, 0.3) is 17.0 Å². The van der Waals surface area contributed by atoms with E-state index in [9.17, 15) is 4.79 Å². The van der Waals surface area contributed by atoms with Crippen molar-refractivity contribution in [3.05, 3.63) is 94.9 Å². The largest absolute Gasteiger partial charge is 0.497 e. The highest BCUT2D eigenvalue weighted by molar-refractivity contribution is 6.30. The summed E-state index contributed by atoms with van der Waals surface area (Å²) in [5, 5.41) is 7.84. The first-order valence-corrected chi connectivity index (χ1v) is 11.0. The number of allylic oxidation sites excluding steroid dienone is 1. The second-order valence-corrected chi connectivity index (χ2v) is 8.19. The van der Waals surface area contributed by atoms with E-state index in [1.165, 1.54) is 0 Å².